The normalized spacial score (nSPS) is 17.6. The van der Waals surface area contributed by atoms with Crippen molar-refractivity contribution in [2.45, 2.75) is 44.7 Å². The Balaban J connectivity index is 1.90. The highest BCUT2D eigenvalue weighted by molar-refractivity contribution is 9.10. The summed E-state index contributed by atoms with van der Waals surface area (Å²) in [6, 6.07) is 5.46. The Labute approximate surface area is 105 Å². The summed E-state index contributed by atoms with van der Waals surface area (Å²) in [5, 5.41) is 3.51. The van der Waals surface area contributed by atoms with Crippen molar-refractivity contribution in [3.05, 3.63) is 34.1 Å². The molecule has 0 heterocycles. The Morgan fingerprint density at radius 2 is 2.00 bits per heavy atom. The third kappa shape index (κ3) is 3.29. The molecule has 1 aliphatic rings. The first-order valence-electron chi connectivity index (χ1n) is 5.93. The summed E-state index contributed by atoms with van der Waals surface area (Å²) < 4.78 is 14.0. The van der Waals surface area contributed by atoms with E-state index >= 15 is 0 Å². The molecule has 0 bridgehead atoms. The Morgan fingerprint density at radius 3 is 2.75 bits per heavy atom. The highest BCUT2D eigenvalue weighted by Gasteiger charge is 2.13. The van der Waals surface area contributed by atoms with E-state index in [1.807, 2.05) is 0 Å². The van der Waals surface area contributed by atoms with Crippen molar-refractivity contribution in [1.82, 2.24) is 5.32 Å². The maximum Gasteiger partial charge on any atom is 0.123 e. The van der Waals surface area contributed by atoms with Crippen LogP contribution in [0, 0.1) is 5.82 Å². The van der Waals surface area contributed by atoms with Crippen LogP contribution in [-0.2, 0) is 6.54 Å². The number of rotatable bonds is 3. The van der Waals surface area contributed by atoms with Crippen LogP contribution >= 0.6 is 15.9 Å². The molecular formula is C13H17BrFN. The minimum Gasteiger partial charge on any atom is -0.310 e. The molecule has 0 radical (unpaired) electrons. The molecule has 1 aromatic carbocycles. The summed E-state index contributed by atoms with van der Waals surface area (Å²) in [4.78, 5) is 0. The summed E-state index contributed by atoms with van der Waals surface area (Å²) in [5.41, 5.74) is 1.01. The Bertz CT molecular complexity index is 348. The van der Waals surface area contributed by atoms with Gasteiger partial charge in [-0.15, -0.1) is 0 Å². The zero-order valence-electron chi connectivity index (χ0n) is 9.31. The first kappa shape index (κ1) is 12.1. The van der Waals surface area contributed by atoms with Crippen molar-refractivity contribution in [3.8, 4) is 0 Å². The molecule has 0 saturated heterocycles. The molecule has 0 unspecified atom stereocenters. The molecule has 2 rings (SSSR count). The number of hydrogen-bond acceptors (Lipinski definition) is 1. The molecule has 16 heavy (non-hydrogen) atoms. The van der Waals surface area contributed by atoms with Gasteiger partial charge < -0.3 is 5.32 Å². The van der Waals surface area contributed by atoms with Crippen LogP contribution in [0.1, 0.15) is 37.7 Å². The monoisotopic (exact) mass is 285 g/mol. The molecule has 0 amide bonds. The van der Waals surface area contributed by atoms with E-state index in [1.54, 1.807) is 12.1 Å². The van der Waals surface area contributed by atoms with Crippen molar-refractivity contribution < 1.29 is 4.39 Å². The molecule has 0 spiro atoms. The summed E-state index contributed by atoms with van der Waals surface area (Å²) in [5.74, 6) is -0.163. The average molecular weight is 286 g/mol. The van der Waals surface area contributed by atoms with E-state index in [2.05, 4.69) is 21.2 Å². The predicted molar refractivity (Wildman–Crippen MR) is 67.8 cm³/mol. The lowest BCUT2D eigenvalue weighted by atomic mass is 9.95. The van der Waals surface area contributed by atoms with Crippen LogP contribution < -0.4 is 5.32 Å². The van der Waals surface area contributed by atoms with Crippen LogP contribution in [0.25, 0.3) is 0 Å². The molecule has 1 fully saturated rings. The van der Waals surface area contributed by atoms with E-state index < -0.39 is 0 Å². The van der Waals surface area contributed by atoms with Crippen molar-refractivity contribution in [2.75, 3.05) is 0 Å². The van der Waals surface area contributed by atoms with Crippen LogP contribution in [0.3, 0.4) is 0 Å². The number of nitrogens with one attached hydrogen (secondary N) is 1. The highest BCUT2D eigenvalue weighted by Crippen LogP contribution is 2.20. The van der Waals surface area contributed by atoms with Crippen molar-refractivity contribution >= 4 is 15.9 Å². The van der Waals surface area contributed by atoms with Gasteiger partial charge in [-0.1, -0.05) is 35.2 Å². The minimum atomic E-state index is -0.163. The molecule has 0 aliphatic heterocycles. The fraction of sp³-hybridized carbons (Fsp3) is 0.538. The average Bonchev–Trinajstić information content (AvgIpc) is 2.32. The zero-order valence-corrected chi connectivity index (χ0v) is 10.9. The maximum absolute atomic E-state index is 13.1. The summed E-state index contributed by atoms with van der Waals surface area (Å²) in [6.45, 7) is 0.753. The third-order valence-corrected chi connectivity index (χ3v) is 3.97. The van der Waals surface area contributed by atoms with Gasteiger partial charge in [-0.3, -0.25) is 0 Å². The Kier molecular flexibility index (Phi) is 4.36. The highest BCUT2D eigenvalue weighted by atomic mass is 79.9. The van der Waals surface area contributed by atoms with Gasteiger partial charge in [0, 0.05) is 17.1 Å². The van der Waals surface area contributed by atoms with Gasteiger partial charge in [0.2, 0.25) is 0 Å². The second-order valence-corrected chi connectivity index (χ2v) is 5.31. The molecular weight excluding hydrogens is 269 g/mol. The topological polar surface area (TPSA) is 12.0 Å². The second-order valence-electron chi connectivity index (χ2n) is 4.45. The molecule has 1 aromatic rings. The maximum atomic E-state index is 13.1. The molecule has 1 N–H and O–H groups in total. The number of benzene rings is 1. The van der Waals surface area contributed by atoms with Gasteiger partial charge in [0.1, 0.15) is 5.82 Å². The smallest absolute Gasteiger partial charge is 0.123 e. The van der Waals surface area contributed by atoms with Crippen LogP contribution in [0.5, 0.6) is 0 Å². The van der Waals surface area contributed by atoms with E-state index in [1.165, 1.54) is 38.2 Å². The number of halogens is 2. The van der Waals surface area contributed by atoms with Gasteiger partial charge in [-0.05, 0) is 36.6 Å². The van der Waals surface area contributed by atoms with E-state index in [0.717, 1.165) is 16.6 Å². The van der Waals surface area contributed by atoms with Crippen molar-refractivity contribution in [2.24, 2.45) is 0 Å². The van der Waals surface area contributed by atoms with E-state index in [-0.39, 0.29) is 5.82 Å². The first-order chi connectivity index (χ1) is 7.75. The van der Waals surface area contributed by atoms with Crippen molar-refractivity contribution in [3.63, 3.8) is 0 Å². The molecule has 1 saturated carbocycles. The van der Waals surface area contributed by atoms with E-state index in [0.29, 0.717) is 6.04 Å². The largest absolute Gasteiger partial charge is 0.310 e. The summed E-state index contributed by atoms with van der Waals surface area (Å²) in [6.07, 6.45) is 6.52. The van der Waals surface area contributed by atoms with Gasteiger partial charge in [-0.25, -0.2) is 4.39 Å². The lowest BCUT2D eigenvalue weighted by Gasteiger charge is -2.23. The molecule has 1 aliphatic carbocycles. The fourth-order valence-corrected chi connectivity index (χ4v) is 2.63. The standard InChI is InChI=1S/C13H17BrFN/c14-13-7-6-11(15)8-10(13)9-16-12-4-2-1-3-5-12/h6-8,12,16H,1-5,9H2. The van der Waals surface area contributed by atoms with Crippen LogP contribution in [0.2, 0.25) is 0 Å². The lowest BCUT2D eigenvalue weighted by Crippen LogP contribution is -2.30. The Morgan fingerprint density at radius 1 is 1.25 bits per heavy atom. The summed E-state index contributed by atoms with van der Waals surface area (Å²) >= 11 is 3.45. The summed E-state index contributed by atoms with van der Waals surface area (Å²) in [7, 11) is 0. The Hall–Kier alpha value is -0.410. The molecule has 88 valence electrons. The van der Waals surface area contributed by atoms with Gasteiger partial charge in [-0.2, -0.15) is 0 Å². The van der Waals surface area contributed by atoms with Gasteiger partial charge in [0.25, 0.3) is 0 Å². The van der Waals surface area contributed by atoms with Gasteiger partial charge in [0.15, 0.2) is 0 Å². The second kappa shape index (κ2) is 5.78. The number of hydrogen-bond donors (Lipinski definition) is 1. The van der Waals surface area contributed by atoms with E-state index in [9.17, 15) is 4.39 Å². The predicted octanol–water partition coefficient (Wildman–Crippen LogP) is 4.01. The SMILES string of the molecule is Fc1ccc(Br)c(CNC2CCCCC2)c1. The third-order valence-electron chi connectivity index (χ3n) is 3.19. The minimum absolute atomic E-state index is 0.163. The van der Waals surface area contributed by atoms with Crippen LogP contribution in [-0.4, -0.2) is 6.04 Å². The van der Waals surface area contributed by atoms with E-state index in [4.69, 9.17) is 0 Å². The lowest BCUT2D eigenvalue weighted by molar-refractivity contribution is 0.372. The zero-order chi connectivity index (χ0) is 11.4. The van der Waals surface area contributed by atoms with Crippen LogP contribution in [0.15, 0.2) is 22.7 Å². The molecule has 0 atom stereocenters. The molecule has 1 nitrogen and oxygen atoms in total. The van der Waals surface area contributed by atoms with Gasteiger partial charge in [0.05, 0.1) is 0 Å². The molecule has 0 aromatic heterocycles. The quantitative estimate of drug-likeness (QED) is 0.885. The van der Waals surface area contributed by atoms with Crippen LogP contribution in [0.4, 0.5) is 4.39 Å². The fourth-order valence-electron chi connectivity index (χ4n) is 2.24. The van der Waals surface area contributed by atoms with Crippen molar-refractivity contribution in [1.29, 1.82) is 0 Å². The first-order valence-corrected chi connectivity index (χ1v) is 6.72. The molecule has 3 heteroatoms. The van der Waals surface area contributed by atoms with Gasteiger partial charge >= 0.3 is 0 Å².